The number of methoxy groups -OCH3 is 2. The highest BCUT2D eigenvalue weighted by Crippen LogP contribution is 2.45. The molecule has 6 heterocycles. The highest BCUT2D eigenvalue weighted by molar-refractivity contribution is 6.08. The average molecular weight is 1930 g/mol. The van der Waals surface area contributed by atoms with Crippen LogP contribution in [0.5, 0.6) is 28.7 Å². The smallest absolute Gasteiger partial charge is 0.416 e. The van der Waals surface area contributed by atoms with Gasteiger partial charge in [-0.3, -0.25) is 53.4 Å². The third kappa shape index (κ3) is 31.3. The normalized spacial score (nSPS) is 19.8. The van der Waals surface area contributed by atoms with E-state index in [1.54, 1.807) is 64.4 Å². The molecule has 6 aliphatic heterocycles. The average Bonchev–Trinajstić information content (AvgIpc) is 1.60. The van der Waals surface area contributed by atoms with Crippen molar-refractivity contribution in [1.82, 2.24) is 30.7 Å². The summed E-state index contributed by atoms with van der Waals surface area (Å²) in [5.74, 6) is -3.89. The number of nitrogens with one attached hydrogen (secondary N) is 4. The Morgan fingerprint density at radius 2 is 1.01 bits per heavy atom. The lowest BCUT2D eigenvalue weighted by molar-refractivity contribution is -0.386. The molecule has 2 saturated heterocycles. The van der Waals surface area contributed by atoms with Gasteiger partial charge in [-0.2, -0.15) is 9.59 Å². The van der Waals surface area contributed by atoms with E-state index in [-0.39, 0.29) is 177 Å². The highest BCUT2D eigenvalue weighted by Gasteiger charge is 2.49. The second-order valence-corrected chi connectivity index (χ2v) is 33.3. The fourth-order valence-corrected chi connectivity index (χ4v) is 15.2. The first kappa shape index (κ1) is 109. The quantitative estimate of drug-likeness (QED) is 0.0129. The van der Waals surface area contributed by atoms with Crippen molar-refractivity contribution in [2.75, 3.05) is 168 Å². The third-order valence-electron chi connectivity index (χ3n) is 22.6. The molecule has 1 unspecified atom stereocenters. The summed E-state index contributed by atoms with van der Waals surface area (Å²) in [4.78, 5) is 168. The molecule has 0 bridgehead atoms. The lowest BCUT2D eigenvalue weighted by Crippen LogP contribution is -2.54. The van der Waals surface area contributed by atoms with Crippen LogP contribution in [0, 0.1) is 27.9 Å². The molecule has 137 heavy (non-hydrogen) atoms. The van der Waals surface area contributed by atoms with Crippen molar-refractivity contribution < 1.29 is 164 Å². The number of nitro benzene ring substituents is 1. The van der Waals surface area contributed by atoms with E-state index in [0.29, 0.717) is 123 Å². The van der Waals surface area contributed by atoms with Gasteiger partial charge >= 0.3 is 24.0 Å². The maximum Gasteiger partial charge on any atom is 0.416 e. The van der Waals surface area contributed by atoms with Crippen molar-refractivity contribution in [3.63, 3.8) is 0 Å². The number of benzene rings is 4. The summed E-state index contributed by atoms with van der Waals surface area (Å²) >= 11 is 0. The Balaban J connectivity index is 0.00000691. The van der Waals surface area contributed by atoms with Gasteiger partial charge in [0.05, 0.1) is 179 Å². The summed E-state index contributed by atoms with van der Waals surface area (Å²) in [6.45, 7) is 16.7. The van der Waals surface area contributed by atoms with E-state index in [1.165, 1.54) is 72.2 Å². The summed E-state index contributed by atoms with van der Waals surface area (Å²) in [5, 5.41) is 77.6. The summed E-state index contributed by atoms with van der Waals surface area (Å²) in [5.41, 5.74) is 1.62. The minimum Gasteiger partial charge on any atom is -0.493 e. The van der Waals surface area contributed by atoms with Crippen LogP contribution in [0.25, 0.3) is 0 Å². The summed E-state index contributed by atoms with van der Waals surface area (Å²) in [7, 11) is 2.74. The Kier molecular flexibility index (Phi) is 43.6. The number of ether oxygens (including phenoxy) is 16. The number of unbranched alkanes of at least 4 members (excludes halogenated alkanes) is 2. The SMILES string of the molecule is COc1cc2c(cc1OCCCCCOc1cc3c(cc1OC)C(=O)N1C=C(C)C[C@H]1[C@H](O)N3C(=O)OCc1ccc(O[C@@H]3OC[C@@H](O)[C@H](O)[C@H]3O)c([N+](=O)[O-])c1)N(C(=O)OCc1ccc(NC(=O)[C@H](C)NC(=O)[C@@H](NC(=O)CCOCCOCCOCCOCCOCCOCCOCCOCCNC(=O)CCN3C(=O)CC(C(C)C)C3=O)C(C)C)cc1)[C@@H](O)[C@@H]1CC(C)=CN1C2=O.O=C=O. The monoisotopic (exact) mass is 1930 g/mol. The molecule has 11 atom stereocenters. The molecule has 10 rings (SSSR count). The van der Waals surface area contributed by atoms with Gasteiger partial charge in [0, 0.05) is 74.6 Å². The molecule has 752 valence electrons. The predicted molar refractivity (Wildman–Crippen MR) is 479 cm³/mol. The van der Waals surface area contributed by atoms with Crippen LogP contribution in [0.2, 0.25) is 0 Å². The number of hydrogen-bond donors (Lipinski definition) is 9. The molecule has 2 fully saturated rings. The number of imide groups is 1. The fraction of sp³-hybridized carbons (Fsp3) is 0.576. The lowest BCUT2D eigenvalue weighted by Gasteiger charge is -2.34. The number of hydrogen-bond acceptors (Lipinski definition) is 35. The maximum absolute atomic E-state index is 14.4. The van der Waals surface area contributed by atoms with E-state index in [9.17, 15) is 83.6 Å². The first-order valence-electron chi connectivity index (χ1n) is 45.1. The molecule has 45 nitrogen and oxygen atoms in total. The zero-order chi connectivity index (χ0) is 99.4. The van der Waals surface area contributed by atoms with Gasteiger partial charge in [-0.25, -0.2) is 19.4 Å². The molecule has 0 aromatic heterocycles. The number of anilines is 3. The number of nitrogens with zero attached hydrogens (tertiary/aromatic N) is 6. The van der Waals surface area contributed by atoms with Crippen LogP contribution < -0.4 is 54.8 Å². The molecule has 0 spiro atoms. The van der Waals surface area contributed by atoms with Gasteiger partial charge < -0.3 is 132 Å². The van der Waals surface area contributed by atoms with Crippen LogP contribution in [0.3, 0.4) is 0 Å². The molecule has 9 N–H and O–H groups in total. The molecule has 0 radical (unpaired) electrons. The largest absolute Gasteiger partial charge is 0.493 e. The molecule has 4 aromatic carbocycles. The van der Waals surface area contributed by atoms with Gasteiger partial charge in [-0.05, 0) is 106 Å². The molecule has 4 aromatic rings. The van der Waals surface area contributed by atoms with Crippen LogP contribution in [0.4, 0.5) is 32.3 Å². The number of aliphatic hydroxyl groups is 5. The number of carbonyl (C=O) groups excluding carboxylic acids is 12. The van der Waals surface area contributed by atoms with Crippen molar-refractivity contribution in [3.8, 4) is 28.7 Å². The Labute approximate surface area is 790 Å². The van der Waals surface area contributed by atoms with E-state index in [2.05, 4.69) is 21.3 Å². The van der Waals surface area contributed by atoms with Gasteiger partial charge in [0.2, 0.25) is 41.7 Å². The lowest BCUT2D eigenvalue weighted by atomic mass is 9.94. The summed E-state index contributed by atoms with van der Waals surface area (Å²) in [6, 6.07) is 11.6. The molecule has 45 heteroatoms. The van der Waals surface area contributed by atoms with Gasteiger partial charge in [0.1, 0.15) is 43.6 Å². The molecule has 0 aliphatic carbocycles. The third-order valence-corrected chi connectivity index (χ3v) is 22.6. The highest BCUT2D eigenvalue weighted by atomic mass is 16.7. The number of amides is 10. The number of nitro groups is 1. The first-order chi connectivity index (χ1) is 65.8. The fourth-order valence-electron chi connectivity index (χ4n) is 15.2. The summed E-state index contributed by atoms with van der Waals surface area (Å²) < 4.78 is 90.5. The number of rotatable bonds is 54. The van der Waals surface area contributed by atoms with Crippen LogP contribution in [-0.2, 0) is 104 Å². The van der Waals surface area contributed by atoms with E-state index in [0.717, 1.165) is 27.0 Å². The van der Waals surface area contributed by atoms with Crippen LogP contribution in [0.15, 0.2) is 90.3 Å². The summed E-state index contributed by atoms with van der Waals surface area (Å²) in [6.07, 6.45) is -6.50. The van der Waals surface area contributed by atoms with Crippen LogP contribution in [0.1, 0.15) is 132 Å². The number of aliphatic hydroxyl groups excluding tert-OH is 5. The second kappa shape index (κ2) is 54.9. The van der Waals surface area contributed by atoms with E-state index >= 15 is 0 Å². The number of carbonyl (C=O) groups is 10. The Hall–Kier alpha value is -11.9. The van der Waals surface area contributed by atoms with Crippen molar-refractivity contribution in [1.29, 1.82) is 0 Å². The number of fused-ring (bicyclic) bond motifs is 4. The van der Waals surface area contributed by atoms with Crippen LogP contribution in [-0.4, -0.2) is 325 Å². The number of likely N-dealkylation sites (tertiary alicyclic amines) is 1. The Morgan fingerprint density at radius 3 is 1.47 bits per heavy atom. The van der Waals surface area contributed by atoms with Gasteiger partial charge in [0.15, 0.2) is 41.2 Å². The predicted octanol–water partition coefficient (Wildman–Crippen LogP) is 4.31. The van der Waals surface area contributed by atoms with Crippen molar-refractivity contribution in [3.05, 3.63) is 123 Å². The molecular formula is C92H124N10O35. The zero-order valence-corrected chi connectivity index (χ0v) is 78.1. The molecular weight excluding hydrogens is 1810 g/mol. The van der Waals surface area contributed by atoms with Gasteiger partial charge in [-0.15, -0.1) is 0 Å². The Bertz CT molecular complexity index is 4840. The molecule has 6 aliphatic rings. The van der Waals surface area contributed by atoms with Crippen molar-refractivity contribution in [2.24, 2.45) is 17.8 Å². The van der Waals surface area contributed by atoms with Crippen molar-refractivity contribution in [2.45, 2.75) is 174 Å². The van der Waals surface area contributed by atoms with E-state index in [4.69, 9.17) is 85.4 Å². The minimum atomic E-state index is -1.76. The second-order valence-electron chi connectivity index (χ2n) is 33.3. The Morgan fingerprint density at radius 1 is 0.540 bits per heavy atom. The molecule has 0 saturated carbocycles. The van der Waals surface area contributed by atoms with Gasteiger partial charge in [-0.1, -0.05) is 57.0 Å². The van der Waals surface area contributed by atoms with Crippen LogP contribution >= 0.6 is 0 Å². The zero-order valence-electron chi connectivity index (χ0n) is 78.1. The van der Waals surface area contributed by atoms with E-state index < -0.39 is 127 Å². The topological polar surface area (TPSA) is 561 Å². The molecule has 10 amide bonds. The standard InChI is InChI=1S/C91H124N10O33.CO2/c1-54(2)62-46-78(105)96(84(62)110)22-19-76(103)92-21-26-122-28-30-124-32-34-126-36-38-128-40-39-127-37-35-125-33-31-123-29-27-121-25-20-77(104)95-79(55(3)4)83(109)93-58(7)82(108)94-61-16-13-59(14-17-61)51-132-90(115)99-65-47-74(72(119-8)44-63(65)85(111)97-49-56(5)41-68(97)87(99)113)129-23-11-10-12-24-130-75-48-66-64(45-73(75)120-9)86(112)98-50-57(6)42-69(98)88(114)100(66)91(116)133-52-60-15-18-71(67(43-60)101(117)118)134-89-81(107)80(106)70(102)53-131-89;2-1-3/h13-18,43-45,47-50,54-55,58,62,68-70,79-81,87-89,102,106-107,113-114H,10-12,19-42,46,51-53H2,1-9H3,(H,92,103)(H,93,109)(H,94,108)(H,95,104);/t58-,62?,68-,69-,70+,79-,80-,81+,87-,88-,89-;/m0./s1. The van der Waals surface area contributed by atoms with Crippen molar-refractivity contribution >= 4 is 88.3 Å². The van der Waals surface area contributed by atoms with E-state index in [1.807, 2.05) is 13.8 Å². The maximum atomic E-state index is 14.4. The van der Waals surface area contributed by atoms with Gasteiger partial charge in [0.25, 0.3) is 11.8 Å². The first-order valence-corrected chi connectivity index (χ1v) is 45.1. The minimum absolute atomic E-state index is 0.00190.